The number of carbonyl (C=O) groups is 1. The molecule has 0 aliphatic carbocycles. The summed E-state index contributed by atoms with van der Waals surface area (Å²) in [5.41, 5.74) is 5.09. The van der Waals surface area contributed by atoms with Gasteiger partial charge < -0.3 is 4.74 Å². The maximum absolute atomic E-state index is 12.0. The van der Waals surface area contributed by atoms with Gasteiger partial charge in [0.15, 0.2) is 6.10 Å². The number of hydrogen-bond donors (Lipinski definition) is 1. The molecule has 0 aliphatic heterocycles. The van der Waals surface area contributed by atoms with Crippen molar-refractivity contribution in [2.24, 2.45) is 5.10 Å². The van der Waals surface area contributed by atoms with Gasteiger partial charge in [-0.15, -0.1) is 0 Å². The standard InChI is InChI=1S/C18H18Cl2N2O2/c1-11-8-16(9-12(2)17(11)20)24-13(3)18(23)22-21-10-14-4-6-15(19)7-5-14/h4-10,13H,1-3H3,(H,22,23). The quantitative estimate of drug-likeness (QED) is 0.625. The monoisotopic (exact) mass is 364 g/mol. The maximum Gasteiger partial charge on any atom is 0.280 e. The second kappa shape index (κ2) is 8.18. The number of benzene rings is 2. The van der Waals surface area contributed by atoms with Gasteiger partial charge in [0.25, 0.3) is 5.91 Å². The summed E-state index contributed by atoms with van der Waals surface area (Å²) in [6.45, 7) is 5.44. The number of halogens is 2. The average Bonchev–Trinajstić information content (AvgIpc) is 2.54. The lowest BCUT2D eigenvalue weighted by molar-refractivity contribution is -0.127. The largest absolute Gasteiger partial charge is 0.481 e. The minimum absolute atomic E-state index is 0.342. The van der Waals surface area contributed by atoms with E-state index in [1.165, 1.54) is 6.21 Å². The van der Waals surface area contributed by atoms with Crippen molar-refractivity contribution in [1.29, 1.82) is 0 Å². The fraction of sp³-hybridized carbons (Fsp3) is 0.222. The van der Waals surface area contributed by atoms with E-state index in [0.717, 1.165) is 16.7 Å². The Kier molecular flexibility index (Phi) is 6.23. The van der Waals surface area contributed by atoms with Gasteiger partial charge in [-0.1, -0.05) is 35.3 Å². The molecule has 0 saturated carbocycles. The van der Waals surface area contributed by atoms with Crippen molar-refractivity contribution in [3.63, 3.8) is 0 Å². The third-order valence-corrected chi connectivity index (χ3v) is 4.20. The van der Waals surface area contributed by atoms with E-state index in [1.807, 2.05) is 13.8 Å². The number of hydrogen-bond acceptors (Lipinski definition) is 3. The van der Waals surface area contributed by atoms with Crippen LogP contribution in [0.15, 0.2) is 41.5 Å². The summed E-state index contributed by atoms with van der Waals surface area (Å²) in [6, 6.07) is 10.7. The molecule has 2 aromatic rings. The van der Waals surface area contributed by atoms with E-state index in [1.54, 1.807) is 43.3 Å². The van der Waals surface area contributed by atoms with E-state index < -0.39 is 6.10 Å². The zero-order valence-corrected chi connectivity index (χ0v) is 15.2. The molecule has 0 spiro atoms. The summed E-state index contributed by atoms with van der Waals surface area (Å²) in [5, 5.41) is 5.26. The van der Waals surface area contributed by atoms with E-state index in [0.29, 0.717) is 15.8 Å². The fourth-order valence-corrected chi connectivity index (χ4v) is 2.28. The zero-order chi connectivity index (χ0) is 17.7. The zero-order valence-electron chi connectivity index (χ0n) is 13.6. The van der Waals surface area contributed by atoms with Gasteiger partial charge in [0, 0.05) is 10.0 Å². The van der Waals surface area contributed by atoms with E-state index in [9.17, 15) is 4.79 Å². The van der Waals surface area contributed by atoms with E-state index in [-0.39, 0.29) is 5.91 Å². The lowest BCUT2D eigenvalue weighted by Gasteiger charge is -2.14. The molecule has 2 aromatic carbocycles. The highest BCUT2D eigenvalue weighted by Crippen LogP contribution is 2.26. The van der Waals surface area contributed by atoms with Crippen LogP contribution in [0.2, 0.25) is 10.0 Å². The topological polar surface area (TPSA) is 50.7 Å². The number of nitrogens with zero attached hydrogens (tertiary/aromatic N) is 1. The van der Waals surface area contributed by atoms with Crippen molar-refractivity contribution >= 4 is 35.3 Å². The third-order valence-electron chi connectivity index (χ3n) is 3.35. The highest BCUT2D eigenvalue weighted by Gasteiger charge is 2.15. The summed E-state index contributed by atoms with van der Waals surface area (Å²) in [4.78, 5) is 12.0. The molecular formula is C18H18Cl2N2O2. The van der Waals surface area contributed by atoms with Crippen LogP contribution < -0.4 is 10.2 Å². The second-order valence-electron chi connectivity index (χ2n) is 5.42. The van der Waals surface area contributed by atoms with Crippen molar-refractivity contribution < 1.29 is 9.53 Å². The number of aryl methyl sites for hydroxylation is 2. The average molecular weight is 365 g/mol. The third kappa shape index (κ3) is 4.98. The smallest absolute Gasteiger partial charge is 0.280 e. The molecule has 1 unspecified atom stereocenters. The molecule has 126 valence electrons. The van der Waals surface area contributed by atoms with Gasteiger partial charge in [-0.2, -0.15) is 5.10 Å². The lowest BCUT2D eigenvalue weighted by atomic mass is 10.1. The Morgan fingerprint density at radius 1 is 1.17 bits per heavy atom. The number of amides is 1. The van der Waals surface area contributed by atoms with Crippen LogP contribution in [0.4, 0.5) is 0 Å². The molecule has 4 nitrogen and oxygen atoms in total. The predicted octanol–water partition coefficient (Wildman–Crippen LogP) is 4.53. The summed E-state index contributed by atoms with van der Waals surface area (Å²) in [5.74, 6) is 0.254. The van der Waals surface area contributed by atoms with Gasteiger partial charge in [0.05, 0.1) is 6.21 Å². The predicted molar refractivity (Wildman–Crippen MR) is 98.2 cm³/mol. The van der Waals surface area contributed by atoms with Crippen LogP contribution in [0.1, 0.15) is 23.6 Å². The molecule has 0 aromatic heterocycles. The Bertz CT molecular complexity index is 735. The first-order valence-electron chi connectivity index (χ1n) is 7.38. The highest BCUT2D eigenvalue weighted by molar-refractivity contribution is 6.32. The molecule has 0 bridgehead atoms. The Labute approximate surface area is 151 Å². The van der Waals surface area contributed by atoms with Crippen molar-refractivity contribution in [3.05, 3.63) is 63.1 Å². The molecule has 0 saturated heterocycles. The normalized spacial score (nSPS) is 12.2. The van der Waals surface area contributed by atoms with Gasteiger partial charge in [-0.25, -0.2) is 5.43 Å². The molecule has 2 rings (SSSR count). The molecule has 0 heterocycles. The van der Waals surface area contributed by atoms with Crippen molar-refractivity contribution in [2.45, 2.75) is 26.9 Å². The Morgan fingerprint density at radius 2 is 1.75 bits per heavy atom. The number of nitrogens with one attached hydrogen (secondary N) is 1. The molecular weight excluding hydrogens is 347 g/mol. The maximum atomic E-state index is 12.0. The Balaban J connectivity index is 1.93. The minimum atomic E-state index is -0.688. The molecule has 0 aliphatic rings. The molecule has 1 amide bonds. The minimum Gasteiger partial charge on any atom is -0.481 e. The van der Waals surface area contributed by atoms with Crippen LogP contribution >= 0.6 is 23.2 Å². The first-order chi connectivity index (χ1) is 11.4. The van der Waals surface area contributed by atoms with E-state index in [2.05, 4.69) is 10.5 Å². The molecule has 1 N–H and O–H groups in total. The highest BCUT2D eigenvalue weighted by atomic mass is 35.5. The summed E-state index contributed by atoms with van der Waals surface area (Å²) >= 11 is 11.9. The molecule has 0 fully saturated rings. The van der Waals surface area contributed by atoms with E-state index >= 15 is 0 Å². The van der Waals surface area contributed by atoms with Crippen LogP contribution in [0.5, 0.6) is 5.75 Å². The van der Waals surface area contributed by atoms with Crippen LogP contribution in [-0.4, -0.2) is 18.2 Å². The molecule has 1 atom stereocenters. The molecule has 6 heteroatoms. The summed E-state index contributed by atoms with van der Waals surface area (Å²) in [7, 11) is 0. The number of ether oxygens (including phenoxy) is 1. The van der Waals surface area contributed by atoms with Gasteiger partial charge >= 0.3 is 0 Å². The van der Waals surface area contributed by atoms with Crippen LogP contribution in [-0.2, 0) is 4.79 Å². The Hall–Kier alpha value is -2.04. The van der Waals surface area contributed by atoms with E-state index in [4.69, 9.17) is 27.9 Å². The fourth-order valence-electron chi connectivity index (χ4n) is 2.04. The number of carbonyl (C=O) groups excluding carboxylic acids is 1. The van der Waals surface area contributed by atoms with Gasteiger partial charge in [0.2, 0.25) is 0 Å². The van der Waals surface area contributed by atoms with Gasteiger partial charge in [-0.3, -0.25) is 4.79 Å². The SMILES string of the molecule is Cc1cc(OC(C)C(=O)NN=Cc2ccc(Cl)cc2)cc(C)c1Cl. The van der Waals surface area contributed by atoms with Crippen molar-refractivity contribution in [3.8, 4) is 5.75 Å². The van der Waals surface area contributed by atoms with Crippen molar-refractivity contribution in [1.82, 2.24) is 5.43 Å². The van der Waals surface area contributed by atoms with Gasteiger partial charge in [0.1, 0.15) is 5.75 Å². The molecule has 0 radical (unpaired) electrons. The summed E-state index contributed by atoms with van der Waals surface area (Å²) in [6.07, 6.45) is 0.852. The van der Waals surface area contributed by atoms with Gasteiger partial charge in [-0.05, 0) is 61.7 Å². The van der Waals surface area contributed by atoms with Crippen LogP contribution in [0.3, 0.4) is 0 Å². The van der Waals surface area contributed by atoms with Crippen LogP contribution in [0.25, 0.3) is 0 Å². The second-order valence-corrected chi connectivity index (χ2v) is 6.23. The van der Waals surface area contributed by atoms with Crippen LogP contribution in [0, 0.1) is 13.8 Å². The Morgan fingerprint density at radius 3 is 2.33 bits per heavy atom. The number of rotatable bonds is 5. The van der Waals surface area contributed by atoms with Crippen molar-refractivity contribution in [2.75, 3.05) is 0 Å². The molecule has 24 heavy (non-hydrogen) atoms. The first-order valence-corrected chi connectivity index (χ1v) is 8.14. The first kappa shape index (κ1) is 18.3. The summed E-state index contributed by atoms with van der Waals surface area (Å²) < 4.78 is 5.65. The lowest BCUT2D eigenvalue weighted by Crippen LogP contribution is -2.33. The number of hydrazone groups is 1.